The highest BCUT2D eigenvalue weighted by atomic mass is 35.5. The monoisotopic (exact) mass is 320 g/mol. The van der Waals surface area contributed by atoms with Crippen molar-refractivity contribution in [3.8, 4) is 0 Å². The Labute approximate surface area is 137 Å². The van der Waals surface area contributed by atoms with Crippen LogP contribution in [0, 0.1) is 17.8 Å². The quantitative estimate of drug-likeness (QED) is 0.841. The maximum Gasteiger partial charge on any atom is 0.220 e. The summed E-state index contributed by atoms with van der Waals surface area (Å²) in [5.41, 5.74) is 1.18. The lowest BCUT2D eigenvalue weighted by molar-refractivity contribution is -0.122. The van der Waals surface area contributed by atoms with Crippen LogP contribution in [0.5, 0.6) is 0 Å². The van der Waals surface area contributed by atoms with Crippen LogP contribution >= 0.6 is 11.6 Å². The van der Waals surface area contributed by atoms with Gasteiger partial charge in [-0.3, -0.25) is 4.79 Å². The summed E-state index contributed by atoms with van der Waals surface area (Å²) in [5.74, 6) is 2.11. The molecule has 1 saturated carbocycles. The summed E-state index contributed by atoms with van der Waals surface area (Å²) in [6.45, 7) is 4.41. The highest BCUT2D eigenvalue weighted by Crippen LogP contribution is 2.47. The Morgan fingerprint density at radius 1 is 1.41 bits per heavy atom. The molecule has 1 aliphatic carbocycles. The third-order valence-electron chi connectivity index (χ3n) is 5.09. The molecular formula is C18H25ClN2O. The predicted molar refractivity (Wildman–Crippen MR) is 89.8 cm³/mol. The molecule has 1 amide bonds. The van der Waals surface area contributed by atoms with Gasteiger partial charge in [0.05, 0.1) is 6.04 Å². The second-order valence-corrected chi connectivity index (χ2v) is 7.31. The van der Waals surface area contributed by atoms with Crippen LogP contribution in [0.15, 0.2) is 24.3 Å². The molecule has 22 heavy (non-hydrogen) atoms. The van der Waals surface area contributed by atoms with Crippen LogP contribution in [0.25, 0.3) is 0 Å². The molecule has 2 fully saturated rings. The summed E-state index contributed by atoms with van der Waals surface area (Å²) in [6, 6.07) is 8.04. The molecule has 3 rings (SSSR count). The van der Waals surface area contributed by atoms with Crippen LogP contribution in [0.2, 0.25) is 5.02 Å². The fourth-order valence-corrected chi connectivity index (χ4v) is 3.59. The number of halogens is 1. The second kappa shape index (κ2) is 7.01. The maximum atomic E-state index is 12.3. The maximum absolute atomic E-state index is 12.3. The van der Waals surface area contributed by atoms with Crippen molar-refractivity contribution in [2.75, 3.05) is 13.1 Å². The summed E-state index contributed by atoms with van der Waals surface area (Å²) in [6.07, 6.45) is 4.03. The molecule has 0 aromatic heterocycles. The zero-order valence-corrected chi connectivity index (χ0v) is 13.9. The van der Waals surface area contributed by atoms with E-state index in [1.807, 2.05) is 24.3 Å². The van der Waals surface area contributed by atoms with Gasteiger partial charge in [0.2, 0.25) is 5.91 Å². The van der Waals surface area contributed by atoms with E-state index in [1.54, 1.807) is 0 Å². The average Bonchev–Trinajstić information content (AvgIpc) is 3.01. The standard InChI is InChI=1S/C18H25ClN2O/c1-12-10-16(12)18(14-3-5-15(19)6-4-14)21-17(22)7-2-13-8-9-20-11-13/h3-6,12-13,16,18,20H,2,7-11H2,1H3,(H,21,22). The van der Waals surface area contributed by atoms with E-state index in [-0.39, 0.29) is 11.9 Å². The number of carbonyl (C=O) groups is 1. The summed E-state index contributed by atoms with van der Waals surface area (Å²) >= 11 is 5.98. The normalized spacial score (nSPS) is 28.4. The minimum absolute atomic E-state index is 0.140. The Morgan fingerprint density at radius 3 is 2.73 bits per heavy atom. The molecule has 0 bridgehead atoms. The van der Waals surface area contributed by atoms with E-state index in [1.165, 1.54) is 18.4 Å². The molecule has 1 aromatic rings. The van der Waals surface area contributed by atoms with Crippen LogP contribution in [-0.2, 0) is 4.79 Å². The molecule has 1 aromatic carbocycles. The zero-order valence-electron chi connectivity index (χ0n) is 13.1. The van der Waals surface area contributed by atoms with Crippen molar-refractivity contribution in [3.05, 3.63) is 34.9 Å². The van der Waals surface area contributed by atoms with Crippen molar-refractivity contribution in [1.82, 2.24) is 10.6 Å². The summed E-state index contributed by atoms with van der Waals surface area (Å²) < 4.78 is 0. The first kappa shape index (κ1) is 15.8. The van der Waals surface area contributed by atoms with Crippen LogP contribution in [0.4, 0.5) is 0 Å². The van der Waals surface area contributed by atoms with Gasteiger partial charge in [0.1, 0.15) is 0 Å². The van der Waals surface area contributed by atoms with Gasteiger partial charge in [0, 0.05) is 11.4 Å². The van der Waals surface area contributed by atoms with Gasteiger partial charge in [0.25, 0.3) is 0 Å². The molecule has 4 unspecified atom stereocenters. The Morgan fingerprint density at radius 2 is 2.14 bits per heavy atom. The predicted octanol–water partition coefficient (Wildman–Crippen LogP) is 3.54. The Kier molecular flexibility index (Phi) is 5.04. The van der Waals surface area contributed by atoms with Crippen molar-refractivity contribution in [2.45, 2.75) is 38.6 Å². The summed E-state index contributed by atoms with van der Waals surface area (Å²) in [7, 11) is 0. The number of amides is 1. The molecule has 4 heteroatoms. The Balaban J connectivity index is 1.57. The number of nitrogens with one attached hydrogen (secondary N) is 2. The van der Waals surface area contributed by atoms with Gasteiger partial charge in [-0.1, -0.05) is 30.7 Å². The number of hydrogen-bond donors (Lipinski definition) is 2. The van der Waals surface area contributed by atoms with E-state index in [0.29, 0.717) is 24.2 Å². The van der Waals surface area contributed by atoms with E-state index < -0.39 is 0 Å². The fourth-order valence-electron chi connectivity index (χ4n) is 3.46. The topological polar surface area (TPSA) is 41.1 Å². The number of hydrogen-bond acceptors (Lipinski definition) is 2. The minimum Gasteiger partial charge on any atom is -0.349 e. The van der Waals surface area contributed by atoms with Gasteiger partial charge in [0.15, 0.2) is 0 Å². The molecule has 2 N–H and O–H groups in total. The van der Waals surface area contributed by atoms with Crippen LogP contribution < -0.4 is 10.6 Å². The molecule has 3 nitrogen and oxygen atoms in total. The van der Waals surface area contributed by atoms with E-state index >= 15 is 0 Å². The summed E-state index contributed by atoms with van der Waals surface area (Å²) in [5, 5.41) is 7.37. The van der Waals surface area contributed by atoms with Gasteiger partial charge in [-0.2, -0.15) is 0 Å². The first-order valence-electron chi connectivity index (χ1n) is 8.39. The SMILES string of the molecule is CC1CC1C(NC(=O)CCC1CCNC1)c1ccc(Cl)cc1. The van der Waals surface area contributed by atoms with E-state index in [9.17, 15) is 4.79 Å². The minimum atomic E-state index is 0.140. The molecule has 120 valence electrons. The molecule has 1 aliphatic heterocycles. The Hall–Kier alpha value is -1.06. The average molecular weight is 321 g/mol. The lowest BCUT2D eigenvalue weighted by atomic mass is 9.99. The highest BCUT2D eigenvalue weighted by molar-refractivity contribution is 6.30. The highest BCUT2D eigenvalue weighted by Gasteiger charge is 2.40. The van der Waals surface area contributed by atoms with Gasteiger partial charge in [-0.05, 0) is 67.8 Å². The van der Waals surface area contributed by atoms with Gasteiger partial charge >= 0.3 is 0 Å². The lowest BCUT2D eigenvalue weighted by Gasteiger charge is -2.20. The molecule has 0 radical (unpaired) electrons. The molecule has 4 atom stereocenters. The molecule has 0 spiro atoms. The van der Waals surface area contributed by atoms with Gasteiger partial charge in [-0.15, -0.1) is 0 Å². The van der Waals surface area contributed by atoms with E-state index in [2.05, 4.69) is 17.6 Å². The first-order chi connectivity index (χ1) is 10.6. The van der Waals surface area contributed by atoms with Crippen molar-refractivity contribution in [3.63, 3.8) is 0 Å². The molecular weight excluding hydrogens is 296 g/mol. The zero-order chi connectivity index (χ0) is 15.5. The number of benzene rings is 1. The molecule has 2 aliphatic rings. The van der Waals surface area contributed by atoms with Crippen molar-refractivity contribution in [1.29, 1.82) is 0 Å². The first-order valence-corrected chi connectivity index (χ1v) is 8.77. The third kappa shape index (κ3) is 4.02. The van der Waals surface area contributed by atoms with Crippen molar-refractivity contribution < 1.29 is 4.79 Å². The van der Waals surface area contributed by atoms with Crippen molar-refractivity contribution >= 4 is 17.5 Å². The fraction of sp³-hybridized carbons (Fsp3) is 0.611. The number of carbonyl (C=O) groups excluding carboxylic acids is 1. The lowest BCUT2D eigenvalue weighted by Crippen LogP contribution is -2.30. The smallest absolute Gasteiger partial charge is 0.220 e. The largest absolute Gasteiger partial charge is 0.349 e. The van der Waals surface area contributed by atoms with Crippen LogP contribution in [0.1, 0.15) is 44.2 Å². The van der Waals surface area contributed by atoms with Crippen molar-refractivity contribution in [2.24, 2.45) is 17.8 Å². The van der Waals surface area contributed by atoms with Gasteiger partial charge in [-0.25, -0.2) is 0 Å². The van der Waals surface area contributed by atoms with E-state index in [4.69, 9.17) is 11.6 Å². The number of rotatable bonds is 6. The van der Waals surface area contributed by atoms with Crippen LogP contribution in [0.3, 0.4) is 0 Å². The Bertz CT molecular complexity index is 510. The summed E-state index contributed by atoms with van der Waals surface area (Å²) in [4.78, 5) is 12.3. The van der Waals surface area contributed by atoms with E-state index in [0.717, 1.165) is 24.5 Å². The second-order valence-electron chi connectivity index (χ2n) is 6.87. The third-order valence-corrected chi connectivity index (χ3v) is 5.34. The molecule has 1 heterocycles. The van der Waals surface area contributed by atoms with Gasteiger partial charge < -0.3 is 10.6 Å². The van der Waals surface area contributed by atoms with Crippen LogP contribution in [-0.4, -0.2) is 19.0 Å². The molecule has 1 saturated heterocycles.